The molecule has 0 saturated heterocycles. The van der Waals surface area contributed by atoms with Gasteiger partial charge >= 0.3 is 7.58 Å². The molecule has 0 N–H and O–H groups in total. The molecule has 0 aliphatic carbocycles. The Morgan fingerprint density at radius 3 is 2.24 bits per heavy atom. The summed E-state index contributed by atoms with van der Waals surface area (Å²) in [5, 5.41) is 0. The van der Waals surface area contributed by atoms with Crippen LogP contribution < -0.4 is 0 Å². The van der Waals surface area contributed by atoms with E-state index in [-0.39, 0.29) is 12.5 Å². The highest BCUT2D eigenvalue weighted by atomic mass is 32.4. The molecule has 0 saturated carbocycles. The zero-order valence-electron chi connectivity index (χ0n) is 10.4. The summed E-state index contributed by atoms with van der Waals surface area (Å²) in [6.07, 6.45) is 4.37. The maximum Gasteiger partial charge on any atom is 0.324 e. The fourth-order valence-corrected chi connectivity index (χ4v) is 4.51. The Balaban J connectivity index is 2.83. The first-order valence-corrected chi connectivity index (χ1v) is 8.91. The number of thioether (sulfide) groups is 1. The topological polar surface area (TPSA) is 9.23 Å². The van der Waals surface area contributed by atoms with Crippen molar-refractivity contribution in [1.82, 2.24) is 0 Å². The summed E-state index contributed by atoms with van der Waals surface area (Å²) in [7, 11) is 0.143. The van der Waals surface area contributed by atoms with Gasteiger partial charge in [-0.1, -0.05) is 56.7 Å². The van der Waals surface area contributed by atoms with Crippen molar-refractivity contribution in [2.45, 2.75) is 49.4 Å². The Hall–Kier alpha value is 0.0500. The molecule has 0 bridgehead atoms. The van der Waals surface area contributed by atoms with Gasteiger partial charge in [-0.15, -0.1) is 0 Å². The van der Waals surface area contributed by atoms with Crippen LogP contribution in [-0.4, -0.2) is 4.93 Å². The summed E-state index contributed by atoms with van der Waals surface area (Å²) in [6.45, 7) is 4.40. The van der Waals surface area contributed by atoms with Crippen LogP contribution in [0.15, 0.2) is 35.2 Å². The minimum absolute atomic E-state index is 0.120. The first-order chi connectivity index (χ1) is 8.26. The predicted molar refractivity (Wildman–Crippen MR) is 81.6 cm³/mol. The van der Waals surface area contributed by atoms with Gasteiger partial charge < -0.3 is 0 Å². The molecule has 0 heterocycles. The van der Waals surface area contributed by atoms with Crippen LogP contribution in [-0.2, 0) is 16.3 Å². The summed E-state index contributed by atoms with van der Waals surface area (Å²) < 4.78 is 5.92. The van der Waals surface area contributed by atoms with Crippen LogP contribution in [0.1, 0.15) is 39.5 Å². The van der Waals surface area contributed by atoms with E-state index in [2.05, 4.69) is 38.1 Å². The van der Waals surface area contributed by atoms with Crippen LogP contribution in [0, 0.1) is 0 Å². The van der Waals surface area contributed by atoms with Crippen LogP contribution in [0.4, 0.5) is 0 Å². The van der Waals surface area contributed by atoms with Crippen molar-refractivity contribution in [3.05, 3.63) is 30.3 Å². The molecule has 0 aliphatic heterocycles. The quantitative estimate of drug-likeness (QED) is 0.372. The largest absolute Gasteiger partial charge is 0.324 e. The third kappa shape index (κ3) is 5.05. The molecule has 0 aromatic heterocycles. The molecule has 94 valence electrons. The lowest BCUT2D eigenvalue weighted by molar-refractivity contribution is 0.172. The van der Waals surface area contributed by atoms with Crippen LogP contribution in [0.5, 0.6) is 0 Å². The van der Waals surface area contributed by atoms with E-state index in [4.69, 9.17) is 16.3 Å². The second-order valence-corrected chi connectivity index (χ2v) is 6.30. The minimum atomic E-state index is -0.120. The first-order valence-electron chi connectivity index (χ1n) is 6.05. The van der Waals surface area contributed by atoms with E-state index in [0.717, 1.165) is 25.7 Å². The molecule has 0 radical (unpaired) electrons. The van der Waals surface area contributed by atoms with E-state index in [1.807, 2.05) is 17.8 Å². The van der Waals surface area contributed by atoms with Crippen LogP contribution >= 0.6 is 19.3 Å². The highest BCUT2D eigenvalue weighted by molar-refractivity contribution is 8.01. The molecular weight excluding hydrogens is 267 g/mol. The van der Waals surface area contributed by atoms with E-state index in [1.54, 1.807) is 0 Å². The molecule has 1 aromatic carbocycles. The van der Waals surface area contributed by atoms with E-state index >= 15 is 0 Å². The second-order valence-electron chi connectivity index (χ2n) is 4.01. The molecule has 1 unspecified atom stereocenters. The summed E-state index contributed by atoms with van der Waals surface area (Å²) in [6, 6.07) is 10.5. The summed E-state index contributed by atoms with van der Waals surface area (Å²) in [4.78, 5) is 1.15. The fourth-order valence-electron chi connectivity index (χ4n) is 1.89. The lowest BCUT2D eigenvalue weighted by atomic mass is 10.1. The second kappa shape index (κ2) is 8.20. The van der Waals surface area contributed by atoms with Gasteiger partial charge in [0.1, 0.15) is 0 Å². The minimum Gasteiger partial charge on any atom is -0.152 e. The number of benzene rings is 1. The van der Waals surface area contributed by atoms with Crippen molar-refractivity contribution >= 4 is 31.2 Å². The molecular formula is C13H20OPS2+. The van der Waals surface area contributed by atoms with Gasteiger partial charge in [0, 0.05) is 4.90 Å². The van der Waals surface area contributed by atoms with E-state index in [0.29, 0.717) is 0 Å². The van der Waals surface area contributed by atoms with Crippen molar-refractivity contribution in [3.8, 4) is 0 Å². The zero-order chi connectivity index (χ0) is 12.6. The standard InChI is InChI=1S/C13H19OPS2/c1-3-10-13(11-4-2,14-15-16)17-12-8-6-5-7-9-12/h5-9H,3-4,10-11H2,1-2H3/p+1. The van der Waals surface area contributed by atoms with Crippen molar-refractivity contribution in [1.29, 1.82) is 0 Å². The molecule has 1 rings (SSSR count). The number of hydrogen-bond donors (Lipinski definition) is 0. The van der Waals surface area contributed by atoms with Gasteiger partial charge in [-0.3, -0.25) is 0 Å². The molecule has 0 amide bonds. The third-order valence-corrected chi connectivity index (χ3v) is 4.78. The summed E-state index contributed by atoms with van der Waals surface area (Å²) in [5.41, 5.74) is 0. The average Bonchev–Trinajstić information content (AvgIpc) is 2.31. The van der Waals surface area contributed by atoms with E-state index < -0.39 is 0 Å². The zero-order valence-corrected chi connectivity index (χ0v) is 13.1. The Kier molecular flexibility index (Phi) is 7.29. The fraction of sp³-hybridized carbons (Fsp3) is 0.538. The number of rotatable bonds is 8. The van der Waals surface area contributed by atoms with E-state index in [1.165, 1.54) is 4.90 Å². The van der Waals surface area contributed by atoms with Crippen molar-refractivity contribution in [2.24, 2.45) is 0 Å². The van der Waals surface area contributed by atoms with Gasteiger partial charge in [-0.05, 0) is 25.0 Å². The van der Waals surface area contributed by atoms with Gasteiger partial charge in [0.15, 0.2) is 16.7 Å². The Morgan fingerprint density at radius 2 is 1.76 bits per heavy atom. The van der Waals surface area contributed by atoms with Crippen molar-refractivity contribution in [2.75, 3.05) is 0 Å². The smallest absolute Gasteiger partial charge is 0.152 e. The van der Waals surface area contributed by atoms with Crippen molar-refractivity contribution in [3.63, 3.8) is 0 Å². The van der Waals surface area contributed by atoms with Gasteiger partial charge in [0.25, 0.3) is 0 Å². The maximum absolute atomic E-state index is 5.92. The Morgan fingerprint density at radius 1 is 1.18 bits per heavy atom. The normalized spacial score (nSPS) is 11.9. The monoisotopic (exact) mass is 287 g/mol. The van der Waals surface area contributed by atoms with Crippen LogP contribution in [0.2, 0.25) is 0 Å². The molecule has 1 atom stereocenters. The summed E-state index contributed by atoms with van der Waals surface area (Å²) >= 11 is 6.86. The van der Waals surface area contributed by atoms with Gasteiger partial charge in [-0.2, -0.15) is 4.52 Å². The molecule has 0 spiro atoms. The molecule has 17 heavy (non-hydrogen) atoms. The van der Waals surface area contributed by atoms with Crippen molar-refractivity contribution < 1.29 is 4.52 Å². The van der Waals surface area contributed by atoms with Gasteiger partial charge in [0.05, 0.1) is 0 Å². The lowest BCUT2D eigenvalue weighted by Crippen LogP contribution is -2.24. The Bertz CT molecular complexity index is 323. The molecule has 0 fully saturated rings. The number of hydrogen-bond acceptors (Lipinski definition) is 3. The average molecular weight is 287 g/mol. The maximum atomic E-state index is 5.92. The van der Waals surface area contributed by atoms with Crippen LogP contribution in [0.3, 0.4) is 0 Å². The molecule has 4 heteroatoms. The van der Waals surface area contributed by atoms with E-state index in [9.17, 15) is 0 Å². The first kappa shape index (κ1) is 15.1. The van der Waals surface area contributed by atoms with Crippen LogP contribution in [0.25, 0.3) is 0 Å². The predicted octanol–water partition coefficient (Wildman–Crippen LogP) is 5.15. The highest BCUT2D eigenvalue weighted by Gasteiger charge is 2.34. The van der Waals surface area contributed by atoms with Gasteiger partial charge in [-0.25, -0.2) is 0 Å². The molecule has 1 aromatic rings. The van der Waals surface area contributed by atoms with Gasteiger partial charge in [0.2, 0.25) is 0 Å². The molecule has 1 nitrogen and oxygen atoms in total. The SMILES string of the molecule is CCCC(CCC)(O[PH+]=S)Sc1ccccc1. The molecule has 0 aliphatic rings. The Labute approximate surface area is 115 Å². The highest BCUT2D eigenvalue weighted by Crippen LogP contribution is 2.43. The summed E-state index contributed by atoms with van der Waals surface area (Å²) in [5.74, 6) is 0. The third-order valence-electron chi connectivity index (χ3n) is 2.54. The lowest BCUT2D eigenvalue weighted by Gasteiger charge is -2.26.